The monoisotopic (exact) mass is 219 g/mol. The van der Waals surface area contributed by atoms with Crippen molar-refractivity contribution in [3.63, 3.8) is 0 Å². The molecule has 0 fully saturated rings. The summed E-state index contributed by atoms with van der Waals surface area (Å²) in [5, 5.41) is 0. The molecule has 0 saturated heterocycles. The zero-order valence-electron chi connectivity index (χ0n) is 10.3. The first-order chi connectivity index (χ1) is 7.63. The number of benzene rings is 1. The number of nitrogens with two attached hydrogens (primary N) is 1. The SMILES string of the molecule is CC(C=CON)Cc1ccc(C(C)C)cc1. The van der Waals surface area contributed by atoms with Crippen LogP contribution in [-0.4, -0.2) is 0 Å². The van der Waals surface area contributed by atoms with Crippen LogP contribution in [0.4, 0.5) is 0 Å². The molecule has 0 aliphatic rings. The summed E-state index contributed by atoms with van der Waals surface area (Å²) < 4.78 is 0. The van der Waals surface area contributed by atoms with Crippen molar-refractivity contribution in [2.75, 3.05) is 0 Å². The maximum atomic E-state index is 4.94. The molecule has 1 rings (SSSR count). The normalized spacial score (nSPS) is 13.3. The predicted molar refractivity (Wildman–Crippen MR) is 67.8 cm³/mol. The Labute approximate surface area is 98.1 Å². The van der Waals surface area contributed by atoms with E-state index in [1.54, 1.807) is 0 Å². The quantitative estimate of drug-likeness (QED) is 0.608. The summed E-state index contributed by atoms with van der Waals surface area (Å²) >= 11 is 0. The lowest BCUT2D eigenvalue weighted by molar-refractivity contribution is 0.258. The van der Waals surface area contributed by atoms with Crippen LogP contribution in [0.1, 0.15) is 37.8 Å². The van der Waals surface area contributed by atoms with Gasteiger partial charge in [0.15, 0.2) is 0 Å². The second-order valence-electron chi connectivity index (χ2n) is 4.54. The molecule has 16 heavy (non-hydrogen) atoms. The lowest BCUT2D eigenvalue weighted by atomic mass is 9.97. The summed E-state index contributed by atoms with van der Waals surface area (Å²) in [5.74, 6) is 5.97. The van der Waals surface area contributed by atoms with Crippen molar-refractivity contribution in [3.05, 3.63) is 47.7 Å². The topological polar surface area (TPSA) is 35.2 Å². The Morgan fingerprint density at radius 2 is 1.81 bits per heavy atom. The Bertz CT molecular complexity index is 327. The van der Waals surface area contributed by atoms with E-state index in [1.165, 1.54) is 17.4 Å². The molecule has 0 heterocycles. The maximum absolute atomic E-state index is 4.94. The van der Waals surface area contributed by atoms with Crippen molar-refractivity contribution in [3.8, 4) is 0 Å². The molecule has 0 amide bonds. The van der Waals surface area contributed by atoms with Crippen molar-refractivity contribution in [2.45, 2.75) is 33.1 Å². The lowest BCUT2D eigenvalue weighted by Gasteiger charge is -2.09. The van der Waals surface area contributed by atoms with Crippen LogP contribution in [0, 0.1) is 5.92 Å². The smallest absolute Gasteiger partial charge is 0.107 e. The largest absolute Gasteiger partial charge is 0.420 e. The first-order valence-corrected chi connectivity index (χ1v) is 5.74. The molecule has 1 aromatic rings. The Kier molecular flexibility index (Phi) is 5.06. The van der Waals surface area contributed by atoms with Crippen molar-refractivity contribution in [1.29, 1.82) is 0 Å². The van der Waals surface area contributed by atoms with E-state index < -0.39 is 0 Å². The average Bonchev–Trinajstić information content (AvgIpc) is 2.27. The predicted octanol–water partition coefficient (Wildman–Crippen LogP) is 3.39. The molecule has 0 aromatic heterocycles. The summed E-state index contributed by atoms with van der Waals surface area (Å²) in [5.41, 5.74) is 2.73. The third kappa shape index (κ3) is 4.07. The van der Waals surface area contributed by atoms with E-state index in [1.807, 2.05) is 6.08 Å². The van der Waals surface area contributed by atoms with Gasteiger partial charge < -0.3 is 4.84 Å². The van der Waals surface area contributed by atoms with Crippen molar-refractivity contribution >= 4 is 0 Å². The Morgan fingerprint density at radius 1 is 1.19 bits per heavy atom. The minimum Gasteiger partial charge on any atom is -0.420 e. The van der Waals surface area contributed by atoms with Gasteiger partial charge in [-0.05, 0) is 35.5 Å². The molecule has 0 aliphatic carbocycles. The van der Waals surface area contributed by atoms with Crippen LogP contribution in [-0.2, 0) is 11.3 Å². The highest BCUT2D eigenvalue weighted by atomic mass is 16.6. The summed E-state index contributed by atoms with van der Waals surface area (Å²) in [7, 11) is 0. The highest BCUT2D eigenvalue weighted by Crippen LogP contribution is 2.16. The highest BCUT2D eigenvalue weighted by molar-refractivity contribution is 5.25. The third-order valence-corrected chi connectivity index (χ3v) is 2.69. The molecule has 0 spiro atoms. The molecule has 1 atom stereocenters. The minimum atomic E-state index is 0.438. The van der Waals surface area contributed by atoms with Gasteiger partial charge in [0.05, 0.1) is 0 Å². The van der Waals surface area contributed by atoms with Crippen LogP contribution in [0.15, 0.2) is 36.6 Å². The van der Waals surface area contributed by atoms with E-state index in [2.05, 4.69) is 49.9 Å². The fraction of sp³-hybridized carbons (Fsp3) is 0.429. The molecule has 88 valence electrons. The second kappa shape index (κ2) is 6.33. The first-order valence-electron chi connectivity index (χ1n) is 5.74. The lowest BCUT2D eigenvalue weighted by Crippen LogP contribution is -1.98. The van der Waals surface area contributed by atoms with Gasteiger partial charge in [0.25, 0.3) is 0 Å². The van der Waals surface area contributed by atoms with E-state index in [4.69, 9.17) is 5.90 Å². The molecule has 2 nitrogen and oxygen atoms in total. The van der Waals surface area contributed by atoms with Gasteiger partial charge in [-0.25, -0.2) is 0 Å². The molecule has 2 heteroatoms. The number of hydrogen-bond donors (Lipinski definition) is 1. The molecular formula is C14H21NO. The van der Waals surface area contributed by atoms with Crippen LogP contribution in [0.3, 0.4) is 0 Å². The van der Waals surface area contributed by atoms with Gasteiger partial charge in [0.2, 0.25) is 0 Å². The Hall–Kier alpha value is -1.28. The Morgan fingerprint density at radius 3 is 2.31 bits per heavy atom. The van der Waals surface area contributed by atoms with Crippen molar-refractivity contribution in [1.82, 2.24) is 0 Å². The molecule has 1 unspecified atom stereocenters. The van der Waals surface area contributed by atoms with Crippen LogP contribution in [0.2, 0.25) is 0 Å². The van der Waals surface area contributed by atoms with Crippen LogP contribution < -0.4 is 5.90 Å². The minimum absolute atomic E-state index is 0.438. The fourth-order valence-electron chi connectivity index (χ4n) is 1.66. The summed E-state index contributed by atoms with van der Waals surface area (Å²) in [6.45, 7) is 6.56. The van der Waals surface area contributed by atoms with Gasteiger partial charge >= 0.3 is 0 Å². The highest BCUT2D eigenvalue weighted by Gasteiger charge is 2.02. The second-order valence-corrected chi connectivity index (χ2v) is 4.54. The zero-order chi connectivity index (χ0) is 12.0. The van der Waals surface area contributed by atoms with E-state index in [0.29, 0.717) is 11.8 Å². The zero-order valence-corrected chi connectivity index (χ0v) is 10.3. The van der Waals surface area contributed by atoms with E-state index in [-0.39, 0.29) is 0 Å². The fourth-order valence-corrected chi connectivity index (χ4v) is 1.66. The first kappa shape index (κ1) is 12.8. The van der Waals surface area contributed by atoms with E-state index in [0.717, 1.165) is 6.42 Å². The third-order valence-electron chi connectivity index (χ3n) is 2.69. The average molecular weight is 219 g/mol. The van der Waals surface area contributed by atoms with Crippen LogP contribution in [0.25, 0.3) is 0 Å². The Balaban J connectivity index is 2.58. The molecule has 2 N–H and O–H groups in total. The standard InChI is InChI=1S/C14H21NO/c1-11(2)14-6-4-13(5-7-14)10-12(3)8-9-16-15/h4-9,11-12H,10,15H2,1-3H3. The molecule has 0 bridgehead atoms. The molecule has 0 saturated carbocycles. The van der Waals surface area contributed by atoms with Gasteiger partial charge in [-0.3, -0.25) is 0 Å². The molecule has 0 radical (unpaired) electrons. The van der Waals surface area contributed by atoms with Gasteiger partial charge in [0, 0.05) is 0 Å². The van der Waals surface area contributed by atoms with E-state index >= 15 is 0 Å². The van der Waals surface area contributed by atoms with Gasteiger partial charge in [-0.1, -0.05) is 45.0 Å². The summed E-state index contributed by atoms with van der Waals surface area (Å²) in [6.07, 6.45) is 4.52. The molecule has 1 aromatic carbocycles. The van der Waals surface area contributed by atoms with Gasteiger partial charge in [-0.2, -0.15) is 5.90 Å². The maximum Gasteiger partial charge on any atom is 0.107 e. The number of hydrogen-bond acceptors (Lipinski definition) is 2. The van der Waals surface area contributed by atoms with Gasteiger partial charge in [-0.15, -0.1) is 0 Å². The molecular weight excluding hydrogens is 198 g/mol. The number of rotatable bonds is 5. The number of allylic oxidation sites excluding steroid dienone is 1. The van der Waals surface area contributed by atoms with Crippen molar-refractivity contribution < 1.29 is 4.84 Å². The van der Waals surface area contributed by atoms with Gasteiger partial charge in [0.1, 0.15) is 6.26 Å². The van der Waals surface area contributed by atoms with Crippen LogP contribution in [0.5, 0.6) is 0 Å². The van der Waals surface area contributed by atoms with Crippen molar-refractivity contribution in [2.24, 2.45) is 11.8 Å². The van der Waals surface area contributed by atoms with E-state index in [9.17, 15) is 0 Å². The van der Waals surface area contributed by atoms with Crippen LogP contribution >= 0.6 is 0 Å². The summed E-state index contributed by atoms with van der Waals surface area (Å²) in [4.78, 5) is 4.42. The summed E-state index contributed by atoms with van der Waals surface area (Å²) in [6, 6.07) is 8.80. The molecule has 0 aliphatic heterocycles.